The number of aliphatic hydroxyl groups excluding tert-OH is 1. The first-order valence-corrected chi connectivity index (χ1v) is 7.94. The molecule has 0 bridgehead atoms. The predicted molar refractivity (Wildman–Crippen MR) is 96.4 cm³/mol. The van der Waals surface area contributed by atoms with Crippen LogP contribution in [0.4, 0.5) is 5.82 Å². The largest absolute Gasteiger partial charge is 0.394 e. The normalized spacial score (nSPS) is 11.5. The van der Waals surface area contributed by atoms with Crippen LogP contribution in [0, 0.1) is 11.3 Å². The molecule has 1 aromatic heterocycles. The molecule has 0 unspecified atom stereocenters. The quantitative estimate of drug-likeness (QED) is 0.650. The number of nitriles is 1. The van der Waals surface area contributed by atoms with Gasteiger partial charge in [-0.3, -0.25) is 4.79 Å². The topological polar surface area (TPSA) is 117 Å². The Bertz CT molecular complexity index is 942. The van der Waals surface area contributed by atoms with E-state index >= 15 is 0 Å². The number of benzene rings is 2. The number of rotatable bonds is 5. The molecule has 1 heterocycles. The molecule has 0 saturated heterocycles. The third-order valence-electron chi connectivity index (χ3n) is 3.99. The minimum Gasteiger partial charge on any atom is -0.394 e. The molecule has 26 heavy (non-hydrogen) atoms. The molecule has 0 fully saturated rings. The van der Waals surface area contributed by atoms with Crippen LogP contribution < -0.4 is 11.1 Å². The Morgan fingerprint density at radius 3 is 2.50 bits per heavy atom. The van der Waals surface area contributed by atoms with E-state index in [-0.39, 0.29) is 18.3 Å². The molecule has 3 aromatic rings. The average molecular weight is 347 g/mol. The van der Waals surface area contributed by atoms with Crippen molar-refractivity contribution in [3.05, 3.63) is 77.5 Å². The van der Waals surface area contributed by atoms with E-state index < -0.39 is 6.04 Å². The second kappa shape index (κ2) is 7.51. The minimum absolute atomic E-state index is 0.200. The minimum atomic E-state index is -0.483. The first kappa shape index (κ1) is 17.2. The van der Waals surface area contributed by atoms with Crippen LogP contribution in [-0.4, -0.2) is 27.4 Å². The maximum Gasteiger partial charge on any atom is 0.251 e. The second-order valence-electron chi connectivity index (χ2n) is 5.63. The Hall–Kier alpha value is -3.63. The number of carbonyl (C=O) groups excluding carboxylic acids is 1. The van der Waals surface area contributed by atoms with E-state index in [9.17, 15) is 9.90 Å². The highest BCUT2D eigenvalue weighted by Gasteiger charge is 2.15. The van der Waals surface area contributed by atoms with Crippen molar-refractivity contribution in [1.82, 2.24) is 15.1 Å². The summed E-state index contributed by atoms with van der Waals surface area (Å²) >= 11 is 0. The van der Waals surface area contributed by atoms with Crippen molar-refractivity contribution >= 4 is 11.7 Å². The summed E-state index contributed by atoms with van der Waals surface area (Å²) in [5, 5.41) is 25.4. The van der Waals surface area contributed by atoms with Gasteiger partial charge in [-0.25, -0.2) is 4.68 Å². The SMILES string of the molecule is N#Cc1cnn(-c2ccc(C(=O)N[C@H](CO)c3ccccc3)cc2)c1N. The van der Waals surface area contributed by atoms with Crippen LogP contribution in [0.5, 0.6) is 0 Å². The van der Waals surface area contributed by atoms with Crippen LogP contribution in [0.2, 0.25) is 0 Å². The van der Waals surface area contributed by atoms with Gasteiger partial charge in [-0.15, -0.1) is 0 Å². The number of hydrogen-bond acceptors (Lipinski definition) is 5. The monoisotopic (exact) mass is 347 g/mol. The predicted octanol–water partition coefficient (Wildman–Crippen LogP) is 1.79. The molecule has 0 aliphatic carbocycles. The fraction of sp³-hybridized carbons (Fsp3) is 0.105. The summed E-state index contributed by atoms with van der Waals surface area (Å²) in [4.78, 5) is 12.4. The van der Waals surface area contributed by atoms with Gasteiger partial charge in [0, 0.05) is 5.56 Å². The van der Waals surface area contributed by atoms with Crippen molar-refractivity contribution in [1.29, 1.82) is 5.26 Å². The van der Waals surface area contributed by atoms with Crippen LogP contribution in [-0.2, 0) is 0 Å². The van der Waals surface area contributed by atoms with Gasteiger partial charge < -0.3 is 16.2 Å². The molecule has 130 valence electrons. The molecular formula is C19H17N5O2. The van der Waals surface area contributed by atoms with Gasteiger partial charge in [-0.2, -0.15) is 10.4 Å². The lowest BCUT2D eigenvalue weighted by Crippen LogP contribution is -2.30. The van der Waals surface area contributed by atoms with Crippen molar-refractivity contribution in [2.75, 3.05) is 12.3 Å². The van der Waals surface area contributed by atoms with Gasteiger partial charge in [0.05, 0.1) is 24.5 Å². The maximum atomic E-state index is 12.4. The van der Waals surface area contributed by atoms with Crippen LogP contribution in [0.25, 0.3) is 5.69 Å². The highest BCUT2D eigenvalue weighted by molar-refractivity contribution is 5.94. The molecule has 0 saturated carbocycles. The first-order chi connectivity index (χ1) is 12.6. The second-order valence-corrected chi connectivity index (χ2v) is 5.63. The van der Waals surface area contributed by atoms with Crippen molar-refractivity contribution in [3.8, 4) is 11.8 Å². The fourth-order valence-corrected chi connectivity index (χ4v) is 2.57. The lowest BCUT2D eigenvalue weighted by Gasteiger charge is -2.17. The van der Waals surface area contributed by atoms with Crippen LogP contribution in [0.1, 0.15) is 27.5 Å². The molecule has 0 spiro atoms. The first-order valence-electron chi connectivity index (χ1n) is 7.94. The zero-order chi connectivity index (χ0) is 18.5. The van der Waals surface area contributed by atoms with Gasteiger partial charge in [-0.1, -0.05) is 30.3 Å². The Labute approximate surface area is 150 Å². The highest BCUT2D eigenvalue weighted by Crippen LogP contribution is 2.18. The number of aromatic nitrogens is 2. The molecule has 3 rings (SSSR count). The average Bonchev–Trinajstić information content (AvgIpc) is 3.07. The number of carbonyl (C=O) groups is 1. The molecule has 4 N–H and O–H groups in total. The lowest BCUT2D eigenvalue weighted by atomic mass is 10.1. The zero-order valence-corrected chi connectivity index (χ0v) is 13.8. The number of aliphatic hydroxyl groups is 1. The number of nitrogens with two attached hydrogens (primary N) is 1. The van der Waals surface area contributed by atoms with Crippen LogP contribution in [0.15, 0.2) is 60.8 Å². The van der Waals surface area contributed by atoms with Gasteiger partial charge in [-0.05, 0) is 29.8 Å². The molecule has 2 aromatic carbocycles. The van der Waals surface area contributed by atoms with Gasteiger partial charge >= 0.3 is 0 Å². The Morgan fingerprint density at radius 1 is 1.23 bits per heavy atom. The Morgan fingerprint density at radius 2 is 1.92 bits per heavy atom. The van der Waals surface area contributed by atoms with Gasteiger partial charge in [0.25, 0.3) is 5.91 Å². The zero-order valence-electron chi connectivity index (χ0n) is 13.8. The van der Waals surface area contributed by atoms with Gasteiger partial charge in [0.1, 0.15) is 17.5 Å². The summed E-state index contributed by atoms with van der Waals surface area (Å²) in [6.07, 6.45) is 1.39. The van der Waals surface area contributed by atoms with E-state index in [1.165, 1.54) is 10.9 Å². The van der Waals surface area contributed by atoms with E-state index in [1.807, 2.05) is 36.4 Å². The number of nitrogens with zero attached hydrogens (tertiary/aromatic N) is 3. The summed E-state index contributed by atoms with van der Waals surface area (Å²) in [5.41, 5.74) is 8.06. The van der Waals surface area contributed by atoms with E-state index in [0.29, 0.717) is 16.8 Å². The number of anilines is 1. The third-order valence-corrected chi connectivity index (χ3v) is 3.99. The molecule has 1 amide bonds. The third kappa shape index (κ3) is 3.41. The molecular weight excluding hydrogens is 330 g/mol. The fourth-order valence-electron chi connectivity index (χ4n) is 2.57. The van der Waals surface area contributed by atoms with Crippen molar-refractivity contribution < 1.29 is 9.90 Å². The number of nitrogen functional groups attached to an aromatic ring is 1. The molecule has 7 heteroatoms. The van der Waals surface area contributed by atoms with E-state index in [4.69, 9.17) is 11.0 Å². The van der Waals surface area contributed by atoms with Gasteiger partial charge in [0.2, 0.25) is 0 Å². The van der Waals surface area contributed by atoms with E-state index in [0.717, 1.165) is 5.56 Å². The Balaban J connectivity index is 1.76. The molecule has 0 radical (unpaired) electrons. The van der Waals surface area contributed by atoms with Gasteiger partial charge in [0.15, 0.2) is 0 Å². The standard InChI is InChI=1S/C19H17N5O2/c20-10-15-11-22-24(18(15)21)16-8-6-14(7-9-16)19(26)23-17(12-25)13-4-2-1-3-5-13/h1-9,11,17,25H,12,21H2,(H,23,26)/t17-/m1/s1. The summed E-state index contributed by atoms with van der Waals surface area (Å²) in [7, 11) is 0. The number of nitrogens with one attached hydrogen (secondary N) is 1. The van der Waals surface area contributed by atoms with Crippen LogP contribution >= 0.6 is 0 Å². The Kier molecular flexibility index (Phi) is 4.97. The molecule has 7 nitrogen and oxygen atoms in total. The lowest BCUT2D eigenvalue weighted by molar-refractivity contribution is 0.0916. The summed E-state index contributed by atoms with van der Waals surface area (Å²) in [6, 6.07) is 17.4. The molecule has 1 atom stereocenters. The van der Waals surface area contributed by atoms with Crippen molar-refractivity contribution in [3.63, 3.8) is 0 Å². The summed E-state index contributed by atoms with van der Waals surface area (Å²) < 4.78 is 1.43. The maximum absolute atomic E-state index is 12.4. The summed E-state index contributed by atoms with van der Waals surface area (Å²) in [6.45, 7) is -0.200. The molecule has 0 aliphatic rings. The van der Waals surface area contributed by atoms with E-state index in [2.05, 4.69) is 10.4 Å². The van der Waals surface area contributed by atoms with E-state index in [1.54, 1.807) is 24.3 Å². The van der Waals surface area contributed by atoms with Crippen molar-refractivity contribution in [2.24, 2.45) is 0 Å². The smallest absolute Gasteiger partial charge is 0.251 e. The number of amides is 1. The summed E-state index contributed by atoms with van der Waals surface area (Å²) in [5.74, 6) is -0.0558. The number of hydrogen-bond donors (Lipinski definition) is 3. The van der Waals surface area contributed by atoms with Crippen LogP contribution in [0.3, 0.4) is 0 Å². The molecule has 0 aliphatic heterocycles. The highest BCUT2D eigenvalue weighted by atomic mass is 16.3. The van der Waals surface area contributed by atoms with Crippen molar-refractivity contribution in [2.45, 2.75) is 6.04 Å².